The highest BCUT2D eigenvalue weighted by atomic mass is 35.5. The molecule has 2 aromatic rings. The third-order valence-electron chi connectivity index (χ3n) is 5.41. The van der Waals surface area contributed by atoms with Gasteiger partial charge in [0, 0.05) is 17.1 Å². The molecule has 8 nitrogen and oxygen atoms in total. The van der Waals surface area contributed by atoms with E-state index in [-0.39, 0.29) is 24.9 Å². The molecule has 0 spiro atoms. The molecule has 2 aromatic carbocycles. The average molecular weight is 488 g/mol. The van der Waals surface area contributed by atoms with Gasteiger partial charge >= 0.3 is 6.03 Å². The quantitative estimate of drug-likeness (QED) is 0.643. The Morgan fingerprint density at radius 1 is 1.15 bits per heavy atom. The number of benzene rings is 2. The summed E-state index contributed by atoms with van der Waals surface area (Å²) in [5, 5.41) is 4.50. The molecule has 2 unspecified atom stereocenters. The second-order valence-corrected chi connectivity index (χ2v) is 8.86. The lowest BCUT2D eigenvalue weighted by molar-refractivity contribution is -0.124. The third kappa shape index (κ3) is 4.51. The Morgan fingerprint density at radius 2 is 1.94 bits per heavy atom. The lowest BCUT2D eigenvalue weighted by Crippen LogP contribution is -2.63. The first-order chi connectivity index (χ1) is 15.9. The summed E-state index contributed by atoms with van der Waals surface area (Å²) in [7, 11) is 3.07. The SMILES string of the molecule is COc1cccc(CNC(=O)CN2C(=O)N(c3cccc(Cl)c3)C(=O)C3SC=CC32)c1OC. The summed E-state index contributed by atoms with van der Waals surface area (Å²) < 4.78 is 10.7. The van der Waals surface area contributed by atoms with Crippen LogP contribution in [0.2, 0.25) is 5.02 Å². The summed E-state index contributed by atoms with van der Waals surface area (Å²) >= 11 is 7.40. The fourth-order valence-corrected chi connectivity index (χ4v) is 5.09. The number of amides is 4. The van der Waals surface area contributed by atoms with Crippen LogP contribution in [0.3, 0.4) is 0 Å². The Morgan fingerprint density at radius 3 is 2.67 bits per heavy atom. The van der Waals surface area contributed by atoms with Crippen LogP contribution in [0.5, 0.6) is 11.5 Å². The zero-order valence-electron chi connectivity index (χ0n) is 18.0. The van der Waals surface area contributed by atoms with Crippen LogP contribution in [0.1, 0.15) is 5.56 Å². The van der Waals surface area contributed by atoms with Crippen molar-refractivity contribution in [1.82, 2.24) is 10.2 Å². The van der Waals surface area contributed by atoms with Gasteiger partial charge in [-0.05, 0) is 29.7 Å². The van der Waals surface area contributed by atoms with Crippen LogP contribution in [0.15, 0.2) is 53.9 Å². The van der Waals surface area contributed by atoms with Crippen molar-refractivity contribution in [2.75, 3.05) is 25.7 Å². The number of hydrogen-bond donors (Lipinski definition) is 1. The molecule has 33 heavy (non-hydrogen) atoms. The minimum absolute atomic E-state index is 0.191. The van der Waals surface area contributed by atoms with E-state index in [1.54, 1.807) is 55.0 Å². The van der Waals surface area contributed by atoms with Gasteiger partial charge < -0.3 is 19.7 Å². The second kappa shape index (κ2) is 9.76. The molecule has 2 aliphatic heterocycles. The maximum atomic E-state index is 13.3. The topological polar surface area (TPSA) is 88.2 Å². The van der Waals surface area contributed by atoms with Crippen LogP contribution in [0.4, 0.5) is 10.5 Å². The van der Waals surface area contributed by atoms with Crippen molar-refractivity contribution < 1.29 is 23.9 Å². The van der Waals surface area contributed by atoms with Crippen LogP contribution in [-0.4, -0.2) is 54.8 Å². The van der Waals surface area contributed by atoms with Crippen LogP contribution in [0.25, 0.3) is 0 Å². The lowest BCUT2D eigenvalue weighted by Gasteiger charge is -2.40. The number of nitrogens with zero attached hydrogens (tertiary/aromatic N) is 2. The first kappa shape index (κ1) is 23.0. The number of rotatable bonds is 7. The summed E-state index contributed by atoms with van der Waals surface area (Å²) in [5.74, 6) is 0.391. The number of hydrogen-bond acceptors (Lipinski definition) is 6. The van der Waals surface area contributed by atoms with Gasteiger partial charge in [0.1, 0.15) is 11.8 Å². The molecule has 172 valence electrons. The molecule has 2 atom stereocenters. The van der Waals surface area contributed by atoms with Gasteiger partial charge in [-0.2, -0.15) is 0 Å². The highest BCUT2D eigenvalue weighted by Gasteiger charge is 2.48. The maximum absolute atomic E-state index is 13.3. The van der Waals surface area contributed by atoms with E-state index in [1.807, 2.05) is 6.07 Å². The number of halogens is 1. The van der Waals surface area contributed by atoms with Gasteiger partial charge in [-0.15, -0.1) is 11.8 Å². The standard InChI is InChI=1S/C23H22ClN3O5S/c1-31-18-8-3-5-14(20(18)32-2)12-25-19(28)13-26-17-9-10-33-21(17)22(29)27(23(26)30)16-7-4-6-15(24)11-16/h3-11,17,21H,12-13H2,1-2H3,(H,25,28). The van der Waals surface area contributed by atoms with Gasteiger partial charge in [0.15, 0.2) is 11.5 Å². The van der Waals surface area contributed by atoms with Gasteiger partial charge in [0.05, 0.1) is 25.9 Å². The molecule has 4 amide bonds. The van der Waals surface area contributed by atoms with Crippen molar-refractivity contribution in [3.05, 3.63) is 64.5 Å². The van der Waals surface area contributed by atoms with Gasteiger partial charge in [0.25, 0.3) is 5.91 Å². The van der Waals surface area contributed by atoms with Gasteiger partial charge in [0.2, 0.25) is 5.91 Å². The average Bonchev–Trinajstić information content (AvgIpc) is 3.30. The lowest BCUT2D eigenvalue weighted by atomic mass is 10.1. The van der Waals surface area contributed by atoms with E-state index in [2.05, 4.69) is 5.32 Å². The van der Waals surface area contributed by atoms with Crippen molar-refractivity contribution in [1.29, 1.82) is 0 Å². The summed E-state index contributed by atoms with van der Waals surface area (Å²) in [4.78, 5) is 41.7. The highest BCUT2D eigenvalue weighted by molar-refractivity contribution is 8.03. The summed E-state index contributed by atoms with van der Waals surface area (Å²) in [5.41, 5.74) is 1.11. The molecular formula is C23H22ClN3O5S. The molecular weight excluding hydrogens is 466 g/mol. The summed E-state index contributed by atoms with van der Waals surface area (Å²) in [6, 6.07) is 10.9. The molecule has 1 saturated heterocycles. The predicted molar refractivity (Wildman–Crippen MR) is 127 cm³/mol. The van der Waals surface area contributed by atoms with Gasteiger partial charge in [-0.25, -0.2) is 9.69 Å². The fourth-order valence-electron chi connectivity index (χ4n) is 3.86. The zero-order valence-corrected chi connectivity index (χ0v) is 19.6. The van der Waals surface area contributed by atoms with Crippen molar-refractivity contribution in [2.24, 2.45) is 0 Å². The Bertz CT molecular complexity index is 1130. The number of para-hydroxylation sites is 1. The normalized spacial score (nSPS) is 19.5. The summed E-state index contributed by atoms with van der Waals surface area (Å²) in [6.07, 6.45) is 1.78. The molecule has 0 radical (unpaired) electrons. The number of methoxy groups -OCH3 is 2. The minimum Gasteiger partial charge on any atom is -0.493 e. The molecule has 2 aliphatic rings. The second-order valence-electron chi connectivity index (χ2n) is 7.37. The van der Waals surface area contributed by atoms with E-state index in [0.29, 0.717) is 22.2 Å². The molecule has 1 fully saturated rings. The number of urea groups is 1. The monoisotopic (exact) mass is 487 g/mol. The Labute approximate surface area is 200 Å². The Balaban J connectivity index is 1.51. The molecule has 10 heteroatoms. The van der Waals surface area contributed by atoms with Crippen molar-refractivity contribution >= 4 is 46.9 Å². The highest BCUT2D eigenvalue weighted by Crippen LogP contribution is 2.36. The maximum Gasteiger partial charge on any atom is 0.332 e. The van der Waals surface area contributed by atoms with E-state index in [9.17, 15) is 14.4 Å². The smallest absolute Gasteiger partial charge is 0.332 e. The number of ether oxygens (including phenoxy) is 2. The van der Waals surface area contributed by atoms with E-state index in [0.717, 1.165) is 10.5 Å². The molecule has 0 bridgehead atoms. The van der Waals surface area contributed by atoms with Crippen LogP contribution >= 0.6 is 23.4 Å². The number of fused-ring (bicyclic) bond motifs is 1. The number of nitrogens with one attached hydrogen (secondary N) is 1. The number of anilines is 1. The molecule has 0 saturated carbocycles. The Hall–Kier alpha value is -3.17. The number of carbonyl (C=O) groups is 3. The number of carbonyl (C=O) groups excluding carboxylic acids is 3. The van der Waals surface area contributed by atoms with E-state index >= 15 is 0 Å². The van der Waals surface area contributed by atoms with Crippen LogP contribution < -0.4 is 19.7 Å². The van der Waals surface area contributed by atoms with Crippen LogP contribution in [-0.2, 0) is 16.1 Å². The number of imide groups is 1. The molecule has 1 N–H and O–H groups in total. The van der Waals surface area contributed by atoms with E-state index < -0.39 is 17.3 Å². The van der Waals surface area contributed by atoms with Gasteiger partial charge in [-0.3, -0.25) is 9.59 Å². The molecule has 2 heterocycles. The molecule has 4 rings (SSSR count). The predicted octanol–water partition coefficient (Wildman–Crippen LogP) is 3.44. The third-order valence-corrected chi connectivity index (χ3v) is 6.74. The van der Waals surface area contributed by atoms with Crippen molar-refractivity contribution in [3.63, 3.8) is 0 Å². The number of thioether (sulfide) groups is 1. The zero-order chi connectivity index (χ0) is 23.5. The minimum atomic E-state index is -0.565. The van der Waals surface area contributed by atoms with Gasteiger partial charge in [-0.1, -0.05) is 35.9 Å². The first-order valence-corrected chi connectivity index (χ1v) is 11.5. The van der Waals surface area contributed by atoms with Crippen molar-refractivity contribution in [3.8, 4) is 11.5 Å². The van der Waals surface area contributed by atoms with Crippen LogP contribution in [0, 0.1) is 0 Å². The first-order valence-electron chi connectivity index (χ1n) is 10.1. The molecule has 0 aromatic heterocycles. The van der Waals surface area contributed by atoms with E-state index in [4.69, 9.17) is 21.1 Å². The fraction of sp³-hybridized carbons (Fsp3) is 0.261. The van der Waals surface area contributed by atoms with E-state index in [1.165, 1.54) is 23.8 Å². The Kier molecular flexibility index (Phi) is 6.80. The summed E-state index contributed by atoms with van der Waals surface area (Å²) in [6.45, 7) is -0.0155. The van der Waals surface area contributed by atoms with Crippen molar-refractivity contribution in [2.45, 2.75) is 17.8 Å². The largest absolute Gasteiger partial charge is 0.493 e. The molecule has 0 aliphatic carbocycles.